The molecule has 0 amide bonds. The van der Waals surface area contributed by atoms with Crippen LogP contribution in [-0.4, -0.2) is 25.2 Å². The molecule has 1 aliphatic heterocycles. The molecule has 0 aromatic rings. The molecule has 5 nitrogen and oxygen atoms in total. The molecule has 0 spiro atoms. The van der Waals surface area contributed by atoms with Crippen molar-refractivity contribution in [2.45, 2.75) is 27.7 Å². The molecule has 1 rings (SSSR count). The molecule has 100 valence electrons. The van der Waals surface area contributed by atoms with Crippen LogP contribution in [0.3, 0.4) is 0 Å². The van der Waals surface area contributed by atoms with Crippen LogP contribution in [0.15, 0.2) is 23.0 Å². The van der Waals surface area contributed by atoms with Gasteiger partial charge in [0.2, 0.25) is 0 Å². The van der Waals surface area contributed by atoms with Gasteiger partial charge in [0.1, 0.15) is 5.92 Å². The van der Waals surface area contributed by atoms with Crippen molar-refractivity contribution in [3.05, 3.63) is 23.0 Å². The van der Waals surface area contributed by atoms with Crippen molar-refractivity contribution in [1.29, 1.82) is 0 Å². The Hall–Kier alpha value is -1.78. The van der Waals surface area contributed by atoms with Gasteiger partial charge < -0.3 is 14.8 Å². The number of ether oxygens (including phenoxy) is 2. The van der Waals surface area contributed by atoms with Gasteiger partial charge in [-0.05, 0) is 33.8 Å². The number of nitrogens with one attached hydrogen (secondary N) is 1. The number of carbonyl (C=O) groups excluding carboxylic acids is 2. The Morgan fingerprint density at radius 1 is 1.22 bits per heavy atom. The topological polar surface area (TPSA) is 64.6 Å². The van der Waals surface area contributed by atoms with Gasteiger partial charge in [-0.15, -0.1) is 0 Å². The number of rotatable bonds is 4. The van der Waals surface area contributed by atoms with E-state index in [-0.39, 0.29) is 13.2 Å². The predicted octanol–water partition coefficient (Wildman–Crippen LogP) is 1.51. The highest BCUT2D eigenvalue weighted by molar-refractivity contribution is 5.97. The Morgan fingerprint density at radius 3 is 2.39 bits per heavy atom. The molecule has 1 unspecified atom stereocenters. The van der Waals surface area contributed by atoms with Crippen LogP contribution < -0.4 is 5.32 Å². The summed E-state index contributed by atoms with van der Waals surface area (Å²) in [6, 6.07) is 0. The van der Waals surface area contributed by atoms with Gasteiger partial charge in [-0.3, -0.25) is 4.79 Å². The van der Waals surface area contributed by atoms with E-state index in [1.54, 1.807) is 26.8 Å². The maximum atomic E-state index is 11.9. The van der Waals surface area contributed by atoms with E-state index in [0.717, 1.165) is 5.70 Å². The highest BCUT2D eigenvalue weighted by Crippen LogP contribution is 2.25. The summed E-state index contributed by atoms with van der Waals surface area (Å²) in [7, 11) is 0. The molecule has 0 saturated carbocycles. The largest absolute Gasteiger partial charge is 0.465 e. The molecule has 1 heterocycles. The van der Waals surface area contributed by atoms with Gasteiger partial charge in [-0.1, -0.05) is 0 Å². The zero-order valence-electron chi connectivity index (χ0n) is 11.2. The zero-order valence-corrected chi connectivity index (χ0v) is 11.2. The third-order valence-electron chi connectivity index (χ3n) is 2.55. The number of allylic oxidation sites excluding steroid dienone is 2. The van der Waals surface area contributed by atoms with E-state index in [1.807, 2.05) is 6.92 Å². The number of hydrogen-bond donors (Lipinski definition) is 1. The van der Waals surface area contributed by atoms with Gasteiger partial charge in [0.05, 0.1) is 18.8 Å². The quantitative estimate of drug-likeness (QED) is 0.769. The summed E-state index contributed by atoms with van der Waals surface area (Å²) in [5.41, 5.74) is 1.77. The highest BCUT2D eigenvalue weighted by atomic mass is 16.5. The van der Waals surface area contributed by atoms with Gasteiger partial charge in [-0.2, -0.15) is 0 Å². The van der Waals surface area contributed by atoms with Crippen LogP contribution in [0.5, 0.6) is 0 Å². The maximum absolute atomic E-state index is 11.9. The van der Waals surface area contributed by atoms with Gasteiger partial charge in [0.25, 0.3) is 0 Å². The standard InChI is InChI=1S/C13H19NO4/c1-5-17-12(15)10-7-8(3)14-9(4)11(10)13(16)18-6-2/h7,10,14H,5-6H2,1-4H3. The number of dihydropyridines is 1. The fourth-order valence-electron chi connectivity index (χ4n) is 1.88. The predicted molar refractivity (Wildman–Crippen MR) is 66.3 cm³/mol. The third-order valence-corrected chi connectivity index (χ3v) is 2.55. The van der Waals surface area contributed by atoms with E-state index in [0.29, 0.717) is 11.3 Å². The summed E-state index contributed by atoms with van der Waals surface area (Å²) in [5.74, 6) is -1.60. The van der Waals surface area contributed by atoms with Crippen molar-refractivity contribution in [3.8, 4) is 0 Å². The monoisotopic (exact) mass is 253 g/mol. The summed E-state index contributed by atoms with van der Waals surface area (Å²) < 4.78 is 9.96. The number of carbonyl (C=O) groups is 2. The molecule has 0 bridgehead atoms. The first kappa shape index (κ1) is 14.3. The molecule has 0 aliphatic carbocycles. The molecule has 0 saturated heterocycles. The minimum atomic E-state index is -0.690. The van der Waals surface area contributed by atoms with Crippen molar-refractivity contribution in [3.63, 3.8) is 0 Å². The van der Waals surface area contributed by atoms with Crippen LogP contribution in [0.2, 0.25) is 0 Å². The summed E-state index contributed by atoms with van der Waals surface area (Å²) in [4.78, 5) is 23.7. The number of hydrogen-bond acceptors (Lipinski definition) is 5. The molecule has 1 N–H and O–H groups in total. The summed E-state index contributed by atoms with van der Waals surface area (Å²) in [6.45, 7) is 7.59. The van der Waals surface area contributed by atoms with E-state index in [1.165, 1.54) is 0 Å². The van der Waals surface area contributed by atoms with Crippen molar-refractivity contribution in [2.24, 2.45) is 5.92 Å². The van der Waals surface area contributed by atoms with Crippen LogP contribution in [0, 0.1) is 5.92 Å². The lowest BCUT2D eigenvalue weighted by Crippen LogP contribution is -2.31. The van der Waals surface area contributed by atoms with Crippen molar-refractivity contribution in [2.75, 3.05) is 13.2 Å². The molecule has 0 aromatic heterocycles. The first-order valence-electron chi connectivity index (χ1n) is 6.01. The fourth-order valence-corrected chi connectivity index (χ4v) is 1.88. The van der Waals surface area contributed by atoms with Crippen LogP contribution >= 0.6 is 0 Å². The van der Waals surface area contributed by atoms with E-state index >= 15 is 0 Å². The van der Waals surface area contributed by atoms with Crippen molar-refractivity contribution < 1.29 is 19.1 Å². The molecule has 5 heteroatoms. The van der Waals surface area contributed by atoms with E-state index in [9.17, 15) is 9.59 Å². The third kappa shape index (κ3) is 3.12. The molecule has 0 aromatic carbocycles. The lowest BCUT2D eigenvalue weighted by atomic mass is 9.93. The molecule has 1 aliphatic rings. The average molecular weight is 253 g/mol. The smallest absolute Gasteiger partial charge is 0.336 e. The second-order valence-electron chi connectivity index (χ2n) is 3.96. The van der Waals surface area contributed by atoms with Gasteiger partial charge in [0.15, 0.2) is 0 Å². The van der Waals surface area contributed by atoms with E-state index in [2.05, 4.69) is 5.32 Å². The van der Waals surface area contributed by atoms with Gasteiger partial charge in [0, 0.05) is 11.4 Å². The van der Waals surface area contributed by atoms with Gasteiger partial charge >= 0.3 is 11.9 Å². The van der Waals surface area contributed by atoms with E-state index < -0.39 is 17.9 Å². The lowest BCUT2D eigenvalue weighted by Gasteiger charge is -2.23. The molecule has 0 fully saturated rings. The van der Waals surface area contributed by atoms with Crippen LogP contribution in [0.1, 0.15) is 27.7 Å². The first-order chi connectivity index (χ1) is 8.51. The summed E-state index contributed by atoms with van der Waals surface area (Å²) in [6.07, 6.45) is 1.68. The maximum Gasteiger partial charge on any atom is 0.336 e. The Bertz CT molecular complexity index is 409. The molecule has 0 radical (unpaired) electrons. The summed E-state index contributed by atoms with van der Waals surface area (Å²) >= 11 is 0. The SMILES string of the molecule is CCOC(=O)C1=C(C)NC(C)=CC1C(=O)OCC. The molecular weight excluding hydrogens is 234 g/mol. The minimum absolute atomic E-state index is 0.272. The molecular formula is C13H19NO4. The highest BCUT2D eigenvalue weighted by Gasteiger charge is 2.32. The Morgan fingerprint density at radius 2 is 1.83 bits per heavy atom. The Balaban J connectivity index is 3.04. The average Bonchev–Trinajstić information content (AvgIpc) is 2.28. The van der Waals surface area contributed by atoms with Crippen molar-refractivity contribution in [1.82, 2.24) is 5.32 Å². The molecule has 1 atom stereocenters. The van der Waals surface area contributed by atoms with Crippen LogP contribution in [0.4, 0.5) is 0 Å². The zero-order chi connectivity index (χ0) is 13.7. The lowest BCUT2D eigenvalue weighted by molar-refractivity contribution is -0.148. The van der Waals surface area contributed by atoms with Crippen LogP contribution in [0.25, 0.3) is 0 Å². The minimum Gasteiger partial charge on any atom is -0.465 e. The second-order valence-corrected chi connectivity index (χ2v) is 3.96. The number of esters is 2. The summed E-state index contributed by atoms with van der Waals surface area (Å²) in [5, 5.41) is 3.03. The normalized spacial score (nSPS) is 18.9. The van der Waals surface area contributed by atoms with Crippen molar-refractivity contribution >= 4 is 11.9 Å². The Kier molecular flexibility index (Phi) is 4.95. The van der Waals surface area contributed by atoms with Gasteiger partial charge in [-0.25, -0.2) is 4.79 Å². The van der Waals surface area contributed by atoms with E-state index in [4.69, 9.17) is 9.47 Å². The van der Waals surface area contributed by atoms with Crippen LogP contribution in [-0.2, 0) is 19.1 Å². The Labute approximate surface area is 107 Å². The first-order valence-corrected chi connectivity index (χ1v) is 6.01. The fraction of sp³-hybridized carbons (Fsp3) is 0.538. The molecule has 18 heavy (non-hydrogen) atoms. The second kappa shape index (κ2) is 6.23.